The Kier molecular flexibility index (Phi) is 9.08. The lowest BCUT2D eigenvalue weighted by atomic mass is 10.1. The number of hydrogen-bond acceptors (Lipinski definition) is 5. The molecule has 178 valence electrons. The molecule has 0 aliphatic carbocycles. The van der Waals surface area contributed by atoms with Gasteiger partial charge in [-0.3, -0.25) is 9.59 Å². The molecule has 0 saturated carbocycles. The van der Waals surface area contributed by atoms with E-state index in [-0.39, 0.29) is 19.4 Å². The lowest BCUT2D eigenvalue weighted by Gasteiger charge is -2.23. The van der Waals surface area contributed by atoms with Crippen LogP contribution in [0.25, 0.3) is 0 Å². The number of nitriles is 1. The van der Waals surface area contributed by atoms with E-state index in [4.69, 9.17) is 10.00 Å². The number of nitrogens with one attached hydrogen (secondary N) is 1. The predicted octanol–water partition coefficient (Wildman–Crippen LogP) is 3.66. The van der Waals surface area contributed by atoms with Crippen LogP contribution >= 0.6 is 0 Å². The first-order valence-electron chi connectivity index (χ1n) is 11.0. The van der Waals surface area contributed by atoms with Gasteiger partial charge in [-0.2, -0.15) is 5.26 Å². The maximum atomic E-state index is 13.3. The number of benzene rings is 3. The Hall–Kier alpha value is -4.51. The van der Waals surface area contributed by atoms with Crippen molar-refractivity contribution in [2.45, 2.75) is 18.9 Å². The molecule has 3 aromatic rings. The number of ether oxygens (including phenoxy) is 1. The summed E-state index contributed by atoms with van der Waals surface area (Å²) < 4.78 is 18.6. The molecule has 0 radical (unpaired) electrons. The second kappa shape index (κ2) is 12.7. The van der Waals surface area contributed by atoms with Crippen molar-refractivity contribution in [2.24, 2.45) is 0 Å². The van der Waals surface area contributed by atoms with Gasteiger partial charge in [0.05, 0.1) is 12.5 Å². The fourth-order valence-corrected chi connectivity index (χ4v) is 3.37. The Morgan fingerprint density at radius 3 is 2.20 bits per heavy atom. The quantitative estimate of drug-likeness (QED) is 0.453. The molecule has 1 atom stereocenters. The molecule has 3 rings (SSSR count). The minimum absolute atomic E-state index is 0.0425. The molecule has 0 aromatic heterocycles. The third kappa shape index (κ3) is 7.51. The van der Waals surface area contributed by atoms with Gasteiger partial charge in [0.25, 0.3) is 11.8 Å². The zero-order valence-corrected chi connectivity index (χ0v) is 18.9. The summed E-state index contributed by atoms with van der Waals surface area (Å²) in [5.41, 5.74) is 1.56. The van der Waals surface area contributed by atoms with Gasteiger partial charge in [-0.15, -0.1) is 0 Å². The van der Waals surface area contributed by atoms with Gasteiger partial charge < -0.3 is 15.0 Å². The highest BCUT2D eigenvalue weighted by Crippen LogP contribution is 2.16. The van der Waals surface area contributed by atoms with Crippen LogP contribution in [0.3, 0.4) is 0 Å². The summed E-state index contributed by atoms with van der Waals surface area (Å²) in [7, 11) is 0. The molecular formula is C27H24FN3O4. The van der Waals surface area contributed by atoms with E-state index in [0.717, 1.165) is 5.56 Å². The number of carbonyl (C=O) groups is 3. The molecule has 8 heteroatoms. The average molecular weight is 474 g/mol. The summed E-state index contributed by atoms with van der Waals surface area (Å²) in [5, 5.41) is 11.6. The number of carbonyl (C=O) groups excluding carboxylic acids is 3. The second-order valence-corrected chi connectivity index (χ2v) is 7.62. The van der Waals surface area contributed by atoms with Crippen LogP contribution in [0.4, 0.5) is 10.1 Å². The maximum Gasteiger partial charge on any atom is 0.329 e. The Morgan fingerprint density at radius 1 is 0.943 bits per heavy atom. The largest absolute Gasteiger partial charge is 0.454 e. The van der Waals surface area contributed by atoms with E-state index >= 15 is 0 Å². The van der Waals surface area contributed by atoms with Crippen molar-refractivity contribution in [3.8, 4) is 6.07 Å². The van der Waals surface area contributed by atoms with Crippen molar-refractivity contribution in [1.29, 1.82) is 5.26 Å². The van der Waals surface area contributed by atoms with Crippen molar-refractivity contribution in [3.63, 3.8) is 0 Å². The molecule has 0 spiro atoms. The number of hydrogen-bond donors (Lipinski definition) is 1. The van der Waals surface area contributed by atoms with E-state index in [1.54, 1.807) is 30.3 Å². The molecule has 1 unspecified atom stereocenters. The molecule has 1 N–H and O–H groups in total. The molecule has 2 amide bonds. The lowest BCUT2D eigenvalue weighted by molar-refractivity contribution is -0.149. The fraction of sp³-hybridized carbons (Fsp3) is 0.185. The summed E-state index contributed by atoms with van der Waals surface area (Å²) >= 11 is 0. The van der Waals surface area contributed by atoms with Crippen LogP contribution in [0.15, 0.2) is 84.9 Å². The zero-order chi connectivity index (χ0) is 25.0. The van der Waals surface area contributed by atoms with Crippen molar-refractivity contribution in [3.05, 3.63) is 102 Å². The minimum atomic E-state index is -1.03. The summed E-state index contributed by atoms with van der Waals surface area (Å²) in [4.78, 5) is 39.7. The highest BCUT2D eigenvalue weighted by Gasteiger charge is 2.25. The smallest absolute Gasteiger partial charge is 0.329 e. The number of esters is 1. The third-order valence-corrected chi connectivity index (χ3v) is 5.13. The Bertz CT molecular complexity index is 1180. The van der Waals surface area contributed by atoms with Gasteiger partial charge >= 0.3 is 5.97 Å². The zero-order valence-electron chi connectivity index (χ0n) is 18.9. The first-order valence-corrected chi connectivity index (χ1v) is 11.0. The van der Waals surface area contributed by atoms with E-state index in [9.17, 15) is 18.8 Å². The SMILES string of the molecule is N#CCCN(C(=O)COC(=O)C(Cc1ccccc1)NC(=O)c1ccccc1)c1ccc(F)cc1. The van der Waals surface area contributed by atoms with E-state index in [2.05, 4.69) is 5.32 Å². The highest BCUT2D eigenvalue weighted by molar-refractivity contribution is 5.98. The van der Waals surface area contributed by atoms with Crippen LogP contribution in [0.1, 0.15) is 22.3 Å². The van der Waals surface area contributed by atoms with Gasteiger partial charge in [0, 0.05) is 24.2 Å². The average Bonchev–Trinajstić information content (AvgIpc) is 2.89. The molecule has 7 nitrogen and oxygen atoms in total. The number of rotatable bonds is 10. The van der Waals surface area contributed by atoms with Crippen molar-refractivity contribution in [2.75, 3.05) is 18.1 Å². The van der Waals surface area contributed by atoms with Gasteiger partial charge in [-0.1, -0.05) is 48.5 Å². The van der Waals surface area contributed by atoms with Crippen molar-refractivity contribution >= 4 is 23.5 Å². The molecule has 0 saturated heterocycles. The van der Waals surface area contributed by atoms with Crippen molar-refractivity contribution < 1.29 is 23.5 Å². The summed E-state index contributed by atoms with van der Waals surface area (Å²) in [5.74, 6) is -2.26. The number of halogens is 1. The molecule has 0 bridgehead atoms. The topological polar surface area (TPSA) is 99.5 Å². The summed E-state index contributed by atoms with van der Waals surface area (Å²) in [6.45, 7) is -0.551. The molecule has 0 heterocycles. The van der Waals surface area contributed by atoms with Gasteiger partial charge in [0.2, 0.25) is 0 Å². The monoisotopic (exact) mass is 473 g/mol. The van der Waals surface area contributed by atoms with Crippen LogP contribution in [0.5, 0.6) is 0 Å². The van der Waals surface area contributed by atoms with E-state index in [0.29, 0.717) is 11.3 Å². The third-order valence-electron chi connectivity index (χ3n) is 5.13. The van der Waals surface area contributed by atoms with Gasteiger partial charge in [-0.05, 0) is 42.0 Å². The van der Waals surface area contributed by atoms with Crippen LogP contribution in [-0.4, -0.2) is 37.0 Å². The van der Waals surface area contributed by atoms with Crippen LogP contribution < -0.4 is 10.2 Å². The molecule has 0 aliphatic heterocycles. The number of nitrogens with zero attached hydrogens (tertiary/aromatic N) is 2. The van der Waals surface area contributed by atoms with E-state index < -0.39 is 36.2 Å². The van der Waals surface area contributed by atoms with E-state index in [1.165, 1.54) is 29.2 Å². The Labute approximate surface area is 202 Å². The lowest BCUT2D eigenvalue weighted by Crippen LogP contribution is -2.45. The Balaban J connectivity index is 1.71. The van der Waals surface area contributed by atoms with Crippen molar-refractivity contribution in [1.82, 2.24) is 5.32 Å². The number of anilines is 1. The minimum Gasteiger partial charge on any atom is -0.454 e. The van der Waals surface area contributed by atoms with Crippen LogP contribution in [0, 0.1) is 17.1 Å². The Morgan fingerprint density at radius 2 is 1.57 bits per heavy atom. The fourth-order valence-electron chi connectivity index (χ4n) is 3.37. The molecular weight excluding hydrogens is 449 g/mol. The van der Waals surface area contributed by atoms with Gasteiger partial charge in [0.1, 0.15) is 11.9 Å². The molecule has 35 heavy (non-hydrogen) atoms. The van der Waals surface area contributed by atoms with Crippen LogP contribution in [-0.2, 0) is 20.7 Å². The second-order valence-electron chi connectivity index (χ2n) is 7.62. The van der Waals surface area contributed by atoms with E-state index in [1.807, 2.05) is 36.4 Å². The summed E-state index contributed by atoms with van der Waals surface area (Å²) in [6, 6.07) is 23.7. The van der Waals surface area contributed by atoms with Crippen LogP contribution in [0.2, 0.25) is 0 Å². The predicted molar refractivity (Wildman–Crippen MR) is 128 cm³/mol. The van der Waals surface area contributed by atoms with Gasteiger partial charge in [-0.25, -0.2) is 9.18 Å². The standard InChI is InChI=1S/C27H24FN3O4/c28-22-12-14-23(15-13-22)31(17-7-16-29)25(32)19-35-27(34)24(18-20-8-3-1-4-9-20)30-26(33)21-10-5-2-6-11-21/h1-6,8-15,24H,7,17-19H2,(H,30,33). The van der Waals surface area contributed by atoms with Gasteiger partial charge in [0.15, 0.2) is 6.61 Å². The highest BCUT2D eigenvalue weighted by atomic mass is 19.1. The normalized spacial score (nSPS) is 11.1. The first-order chi connectivity index (χ1) is 17.0. The summed E-state index contributed by atoms with van der Waals surface area (Å²) in [6.07, 6.45) is 0.212. The molecule has 0 aliphatic rings. The number of amides is 2. The molecule has 3 aromatic carbocycles. The maximum absolute atomic E-state index is 13.3. The molecule has 0 fully saturated rings. The first kappa shape index (κ1) is 25.1.